The maximum absolute atomic E-state index is 10.2. The van der Waals surface area contributed by atoms with Gasteiger partial charge in [0.1, 0.15) is 0 Å². The van der Waals surface area contributed by atoms with Crippen LogP contribution in [0, 0.1) is 5.92 Å². The van der Waals surface area contributed by atoms with Gasteiger partial charge in [0, 0.05) is 6.04 Å². The summed E-state index contributed by atoms with van der Waals surface area (Å²) in [6.45, 7) is 3.96. The summed E-state index contributed by atoms with van der Waals surface area (Å²) < 4.78 is 0. The van der Waals surface area contributed by atoms with E-state index < -0.39 is 18.1 Å². The van der Waals surface area contributed by atoms with Gasteiger partial charge < -0.3 is 15.9 Å². The van der Waals surface area contributed by atoms with E-state index in [1.54, 1.807) is 0 Å². The lowest BCUT2D eigenvalue weighted by atomic mass is 9.98. The fraction of sp³-hybridized carbons (Fsp3) is 0.875. The first-order valence-electron chi connectivity index (χ1n) is 4.09. The summed E-state index contributed by atoms with van der Waals surface area (Å²) in [5.41, 5.74) is 5.55. The Morgan fingerprint density at radius 3 is 2.23 bits per heavy atom. The number of carboxylic acids is 1. The molecule has 0 spiro atoms. The molecule has 0 rings (SSSR count). The van der Waals surface area contributed by atoms with Gasteiger partial charge in [-0.2, -0.15) is 0 Å². The molecule has 0 aliphatic heterocycles. The molecule has 0 aliphatic rings. The third-order valence-corrected chi connectivity index (χ3v) is 1.62. The Balaban J connectivity index is 0. The third kappa shape index (κ3) is 8.02. The molecule has 0 saturated heterocycles. The molecule has 5 heteroatoms. The van der Waals surface area contributed by atoms with E-state index in [1.165, 1.54) is 0 Å². The molecule has 0 aromatic rings. The van der Waals surface area contributed by atoms with E-state index in [1.807, 2.05) is 13.8 Å². The standard InChI is InChI=1S/C8H17NO3.ClH/c1-5(2)3-6(9)7(10)4-8(11)12;/h5-7,10H,3-4,9H2,1-2H3,(H,11,12);1H. The molecule has 0 radical (unpaired) electrons. The topological polar surface area (TPSA) is 83.5 Å². The molecule has 4 nitrogen and oxygen atoms in total. The van der Waals surface area contributed by atoms with Gasteiger partial charge in [-0.3, -0.25) is 4.79 Å². The normalized spacial score (nSPS) is 14.8. The monoisotopic (exact) mass is 211 g/mol. The highest BCUT2D eigenvalue weighted by molar-refractivity contribution is 5.85. The Bertz CT molecular complexity index is 152. The van der Waals surface area contributed by atoms with Crippen molar-refractivity contribution >= 4 is 18.4 Å². The molecule has 4 N–H and O–H groups in total. The van der Waals surface area contributed by atoms with Crippen molar-refractivity contribution in [3.63, 3.8) is 0 Å². The second-order valence-corrected chi connectivity index (χ2v) is 3.46. The first-order chi connectivity index (χ1) is 5.43. The highest BCUT2D eigenvalue weighted by atomic mass is 35.5. The van der Waals surface area contributed by atoms with Gasteiger partial charge >= 0.3 is 5.97 Å². The number of nitrogens with two attached hydrogens (primary N) is 1. The van der Waals surface area contributed by atoms with Crippen LogP contribution in [0.1, 0.15) is 26.7 Å². The lowest BCUT2D eigenvalue weighted by molar-refractivity contribution is -0.139. The van der Waals surface area contributed by atoms with E-state index in [-0.39, 0.29) is 18.8 Å². The van der Waals surface area contributed by atoms with Crippen LogP contribution >= 0.6 is 12.4 Å². The summed E-state index contributed by atoms with van der Waals surface area (Å²) in [4.78, 5) is 10.2. The zero-order valence-electron chi connectivity index (χ0n) is 7.93. The van der Waals surface area contributed by atoms with Gasteiger partial charge in [0.15, 0.2) is 0 Å². The number of aliphatic hydroxyl groups is 1. The Labute approximate surface area is 84.5 Å². The highest BCUT2D eigenvalue weighted by Crippen LogP contribution is 2.08. The molecule has 0 heterocycles. The highest BCUT2D eigenvalue weighted by Gasteiger charge is 2.18. The zero-order chi connectivity index (χ0) is 9.72. The van der Waals surface area contributed by atoms with Crippen molar-refractivity contribution < 1.29 is 15.0 Å². The smallest absolute Gasteiger partial charge is 0.306 e. The lowest BCUT2D eigenvalue weighted by Gasteiger charge is -2.18. The average Bonchev–Trinajstić information content (AvgIpc) is 1.84. The summed E-state index contributed by atoms with van der Waals surface area (Å²) in [6, 6.07) is -0.430. The van der Waals surface area contributed by atoms with Crippen molar-refractivity contribution in [2.24, 2.45) is 11.7 Å². The molecule has 0 aromatic carbocycles. The second kappa shape index (κ2) is 7.12. The number of carboxylic acid groups (broad SMARTS) is 1. The molecule has 0 aromatic heterocycles. The van der Waals surface area contributed by atoms with Gasteiger partial charge in [-0.1, -0.05) is 13.8 Å². The minimum absolute atomic E-state index is 0. The van der Waals surface area contributed by atoms with Gasteiger partial charge in [0.2, 0.25) is 0 Å². The van der Waals surface area contributed by atoms with Crippen LogP contribution in [-0.4, -0.2) is 28.3 Å². The van der Waals surface area contributed by atoms with Gasteiger partial charge in [0.05, 0.1) is 12.5 Å². The first-order valence-corrected chi connectivity index (χ1v) is 4.09. The number of aliphatic hydroxyl groups excluding tert-OH is 1. The number of carbonyl (C=O) groups is 1. The van der Waals surface area contributed by atoms with E-state index in [0.717, 1.165) is 0 Å². The maximum atomic E-state index is 10.2. The van der Waals surface area contributed by atoms with E-state index in [2.05, 4.69) is 0 Å². The summed E-state index contributed by atoms with van der Waals surface area (Å²) in [5, 5.41) is 17.6. The van der Waals surface area contributed by atoms with Crippen molar-refractivity contribution in [3.8, 4) is 0 Å². The van der Waals surface area contributed by atoms with Gasteiger partial charge in [0.25, 0.3) is 0 Å². The Hall–Kier alpha value is -0.320. The molecule has 0 amide bonds. The molecule has 0 bridgehead atoms. The predicted molar refractivity (Wildman–Crippen MR) is 52.9 cm³/mol. The minimum atomic E-state index is -1.01. The molecule has 2 unspecified atom stereocenters. The molecule has 0 aliphatic carbocycles. The summed E-state index contributed by atoms with van der Waals surface area (Å²) >= 11 is 0. The Kier molecular flexibility index (Phi) is 8.30. The maximum Gasteiger partial charge on any atom is 0.306 e. The fourth-order valence-corrected chi connectivity index (χ4v) is 1.03. The number of halogens is 1. The van der Waals surface area contributed by atoms with Crippen LogP contribution in [0.3, 0.4) is 0 Å². The molecule has 80 valence electrons. The van der Waals surface area contributed by atoms with Crippen molar-refractivity contribution in [3.05, 3.63) is 0 Å². The summed E-state index contributed by atoms with van der Waals surface area (Å²) in [5.74, 6) is -0.634. The molecule has 13 heavy (non-hydrogen) atoms. The van der Waals surface area contributed by atoms with Crippen LogP contribution < -0.4 is 5.73 Å². The minimum Gasteiger partial charge on any atom is -0.481 e. The van der Waals surface area contributed by atoms with Crippen molar-refractivity contribution in [2.45, 2.75) is 38.8 Å². The number of hydrogen-bond acceptors (Lipinski definition) is 3. The second-order valence-electron chi connectivity index (χ2n) is 3.46. The third-order valence-electron chi connectivity index (χ3n) is 1.62. The number of hydrogen-bond donors (Lipinski definition) is 3. The Morgan fingerprint density at radius 2 is 1.92 bits per heavy atom. The van der Waals surface area contributed by atoms with Crippen molar-refractivity contribution in [1.29, 1.82) is 0 Å². The fourth-order valence-electron chi connectivity index (χ4n) is 1.03. The number of rotatable bonds is 5. The van der Waals surface area contributed by atoms with Gasteiger partial charge in [-0.25, -0.2) is 0 Å². The Morgan fingerprint density at radius 1 is 1.46 bits per heavy atom. The van der Waals surface area contributed by atoms with E-state index >= 15 is 0 Å². The molecular formula is C8H18ClNO3. The van der Waals surface area contributed by atoms with Gasteiger partial charge in [-0.05, 0) is 12.3 Å². The largest absolute Gasteiger partial charge is 0.481 e. The SMILES string of the molecule is CC(C)CC(N)C(O)CC(=O)O.Cl. The van der Waals surface area contributed by atoms with E-state index in [0.29, 0.717) is 12.3 Å². The molecular weight excluding hydrogens is 194 g/mol. The predicted octanol–water partition coefficient (Wildman–Crippen LogP) is 0.617. The molecule has 0 fully saturated rings. The van der Waals surface area contributed by atoms with Crippen molar-refractivity contribution in [2.75, 3.05) is 0 Å². The van der Waals surface area contributed by atoms with Crippen LogP contribution in [0.4, 0.5) is 0 Å². The van der Waals surface area contributed by atoms with Crippen LogP contribution in [0.25, 0.3) is 0 Å². The summed E-state index contributed by atoms with van der Waals surface area (Å²) in [6.07, 6.45) is -0.549. The van der Waals surface area contributed by atoms with Gasteiger partial charge in [-0.15, -0.1) is 12.4 Å². The first kappa shape index (κ1) is 15.2. The molecule has 2 atom stereocenters. The van der Waals surface area contributed by atoms with E-state index in [9.17, 15) is 9.90 Å². The quantitative estimate of drug-likeness (QED) is 0.623. The summed E-state index contributed by atoms with van der Waals surface area (Å²) in [7, 11) is 0. The molecule has 0 saturated carbocycles. The average molecular weight is 212 g/mol. The number of aliphatic carboxylic acids is 1. The zero-order valence-corrected chi connectivity index (χ0v) is 8.75. The van der Waals surface area contributed by atoms with Crippen LogP contribution in [0.15, 0.2) is 0 Å². The lowest BCUT2D eigenvalue weighted by Crippen LogP contribution is -2.37. The van der Waals surface area contributed by atoms with Crippen LogP contribution in [0.5, 0.6) is 0 Å². The van der Waals surface area contributed by atoms with E-state index in [4.69, 9.17) is 10.8 Å². The van der Waals surface area contributed by atoms with Crippen molar-refractivity contribution in [1.82, 2.24) is 0 Å². The van der Waals surface area contributed by atoms with Crippen LogP contribution in [-0.2, 0) is 4.79 Å². The van der Waals surface area contributed by atoms with Crippen LogP contribution in [0.2, 0.25) is 0 Å².